The fourth-order valence-corrected chi connectivity index (χ4v) is 3.03. The quantitative estimate of drug-likeness (QED) is 0.764. The van der Waals surface area contributed by atoms with Crippen molar-refractivity contribution < 1.29 is 4.79 Å². The summed E-state index contributed by atoms with van der Waals surface area (Å²) in [4.78, 5) is 12.3. The summed E-state index contributed by atoms with van der Waals surface area (Å²) in [5, 5.41) is 3.66. The fraction of sp³-hybridized carbons (Fsp3) is 0.533. The third-order valence-electron chi connectivity index (χ3n) is 3.66. The van der Waals surface area contributed by atoms with Crippen molar-refractivity contribution in [2.45, 2.75) is 44.9 Å². The van der Waals surface area contributed by atoms with Crippen molar-refractivity contribution in [3.8, 4) is 0 Å². The lowest BCUT2D eigenvalue weighted by molar-refractivity contribution is -0.120. The summed E-state index contributed by atoms with van der Waals surface area (Å²) in [7, 11) is 0. The first kappa shape index (κ1) is 14.9. The molecule has 0 unspecified atom stereocenters. The van der Waals surface area contributed by atoms with Gasteiger partial charge in [-0.2, -0.15) is 0 Å². The van der Waals surface area contributed by atoms with Gasteiger partial charge < -0.3 is 5.32 Å². The predicted molar refractivity (Wildman–Crippen MR) is 83.6 cm³/mol. The molecule has 1 fully saturated rings. The van der Waals surface area contributed by atoms with Crippen LogP contribution >= 0.6 is 27.5 Å². The van der Waals surface area contributed by atoms with Crippen molar-refractivity contribution in [2.75, 3.05) is 5.32 Å². The molecule has 2 nitrogen and oxygen atoms in total. The lowest BCUT2D eigenvalue weighted by atomic mass is 9.90. The summed E-state index contributed by atoms with van der Waals surface area (Å²) in [6, 6.07) is 5.48. The largest absolute Gasteiger partial charge is 0.326 e. The van der Waals surface area contributed by atoms with E-state index in [9.17, 15) is 4.79 Å². The molecule has 1 aliphatic carbocycles. The number of amides is 1. The molecule has 0 bridgehead atoms. The molecule has 0 saturated heterocycles. The number of carbonyl (C=O) groups excluding carboxylic acids is 1. The van der Waals surface area contributed by atoms with Crippen LogP contribution in [0.3, 0.4) is 0 Å². The number of benzene rings is 1. The number of rotatable bonds is 2. The van der Waals surface area contributed by atoms with Crippen molar-refractivity contribution in [3.63, 3.8) is 0 Å². The number of carbonyl (C=O) groups is 1. The van der Waals surface area contributed by atoms with E-state index in [4.69, 9.17) is 11.6 Å². The molecule has 0 aliphatic heterocycles. The topological polar surface area (TPSA) is 29.1 Å². The average Bonchev–Trinajstić information content (AvgIpc) is 2.33. The van der Waals surface area contributed by atoms with Gasteiger partial charge in [0, 0.05) is 16.1 Å². The molecule has 104 valence electrons. The standard InChI is InChI=1S/C15H19BrClNO/c16-13-10-12(8-9-14(13)17)18-15(19)11-6-4-2-1-3-5-7-11/h8-11H,1-7H2,(H,18,19). The van der Waals surface area contributed by atoms with Gasteiger partial charge >= 0.3 is 0 Å². The second-order valence-electron chi connectivity index (χ2n) is 5.16. The smallest absolute Gasteiger partial charge is 0.227 e. The Kier molecular flexibility index (Phi) is 5.71. The van der Waals surface area contributed by atoms with Crippen LogP contribution in [-0.2, 0) is 4.79 Å². The van der Waals surface area contributed by atoms with Gasteiger partial charge in [-0.3, -0.25) is 4.79 Å². The zero-order valence-corrected chi connectivity index (χ0v) is 13.3. The summed E-state index contributed by atoms with van der Waals surface area (Å²) in [5.74, 6) is 0.311. The van der Waals surface area contributed by atoms with E-state index in [2.05, 4.69) is 21.2 Å². The van der Waals surface area contributed by atoms with E-state index in [-0.39, 0.29) is 11.8 Å². The Hall–Kier alpha value is -0.540. The molecular formula is C15H19BrClNO. The Morgan fingerprint density at radius 3 is 2.42 bits per heavy atom. The molecule has 2 rings (SSSR count). The molecule has 1 saturated carbocycles. The molecule has 0 atom stereocenters. The summed E-state index contributed by atoms with van der Waals surface area (Å²) in [6.07, 6.45) is 8.21. The molecule has 4 heteroatoms. The Morgan fingerprint density at radius 2 is 1.79 bits per heavy atom. The highest BCUT2D eigenvalue weighted by molar-refractivity contribution is 9.10. The first-order valence-electron chi connectivity index (χ1n) is 6.93. The van der Waals surface area contributed by atoms with Gasteiger partial charge in [0.1, 0.15) is 0 Å². The Balaban J connectivity index is 1.96. The molecule has 0 heterocycles. The third kappa shape index (κ3) is 4.50. The van der Waals surface area contributed by atoms with Crippen molar-refractivity contribution in [2.24, 2.45) is 5.92 Å². The van der Waals surface area contributed by atoms with Gasteiger partial charge in [-0.1, -0.05) is 43.7 Å². The number of hydrogen-bond acceptors (Lipinski definition) is 1. The van der Waals surface area contributed by atoms with Crippen LogP contribution in [0.1, 0.15) is 44.9 Å². The monoisotopic (exact) mass is 343 g/mol. The predicted octanol–water partition coefficient (Wildman–Crippen LogP) is 5.40. The van der Waals surface area contributed by atoms with E-state index in [1.807, 2.05) is 12.1 Å². The maximum atomic E-state index is 12.3. The summed E-state index contributed by atoms with van der Waals surface area (Å²) >= 11 is 9.32. The second kappa shape index (κ2) is 7.30. The highest BCUT2D eigenvalue weighted by Gasteiger charge is 2.19. The summed E-state index contributed by atoms with van der Waals surface area (Å²) < 4.78 is 0.810. The van der Waals surface area contributed by atoms with Crippen LogP contribution < -0.4 is 5.32 Å². The molecule has 19 heavy (non-hydrogen) atoms. The molecule has 0 spiro atoms. The van der Waals surface area contributed by atoms with Crippen LogP contribution in [0, 0.1) is 5.92 Å². The minimum absolute atomic E-state index is 0.149. The SMILES string of the molecule is O=C(Nc1ccc(Cl)c(Br)c1)C1CCCCCCC1. The zero-order chi connectivity index (χ0) is 13.7. The van der Waals surface area contributed by atoms with Crippen molar-refractivity contribution in [1.82, 2.24) is 0 Å². The van der Waals surface area contributed by atoms with Gasteiger partial charge in [0.2, 0.25) is 5.91 Å². The number of hydrogen-bond donors (Lipinski definition) is 1. The van der Waals surface area contributed by atoms with Gasteiger partial charge in [0.15, 0.2) is 0 Å². The molecule has 1 aromatic rings. The fourth-order valence-electron chi connectivity index (χ4n) is 2.54. The molecule has 1 aliphatic rings. The first-order chi connectivity index (χ1) is 9.16. The van der Waals surface area contributed by atoms with Crippen LogP contribution in [0.25, 0.3) is 0 Å². The highest BCUT2D eigenvalue weighted by Crippen LogP contribution is 2.27. The first-order valence-corrected chi connectivity index (χ1v) is 8.10. The summed E-state index contributed by atoms with van der Waals surface area (Å²) in [5.41, 5.74) is 0.809. The Morgan fingerprint density at radius 1 is 1.16 bits per heavy atom. The number of anilines is 1. The lowest BCUT2D eigenvalue weighted by Gasteiger charge is -2.19. The van der Waals surface area contributed by atoms with E-state index >= 15 is 0 Å². The molecule has 1 N–H and O–H groups in total. The van der Waals surface area contributed by atoms with Crippen molar-refractivity contribution in [3.05, 3.63) is 27.7 Å². The maximum absolute atomic E-state index is 12.3. The molecular weight excluding hydrogens is 326 g/mol. The molecule has 1 aromatic carbocycles. The van der Waals surface area contributed by atoms with Gasteiger partial charge in [0.05, 0.1) is 5.02 Å². The molecule has 0 aromatic heterocycles. The normalized spacial score (nSPS) is 17.6. The number of halogens is 2. The zero-order valence-electron chi connectivity index (χ0n) is 10.9. The average molecular weight is 345 g/mol. The van der Waals surface area contributed by atoms with E-state index in [0.717, 1.165) is 23.0 Å². The van der Waals surface area contributed by atoms with Crippen LogP contribution in [-0.4, -0.2) is 5.91 Å². The molecule has 1 amide bonds. The van der Waals surface area contributed by atoms with Crippen LogP contribution in [0.5, 0.6) is 0 Å². The highest BCUT2D eigenvalue weighted by atomic mass is 79.9. The van der Waals surface area contributed by atoms with Crippen LogP contribution in [0.2, 0.25) is 5.02 Å². The number of nitrogens with one attached hydrogen (secondary N) is 1. The minimum Gasteiger partial charge on any atom is -0.326 e. The van der Waals surface area contributed by atoms with E-state index in [1.165, 1.54) is 32.1 Å². The van der Waals surface area contributed by atoms with Gasteiger partial charge in [-0.15, -0.1) is 0 Å². The van der Waals surface area contributed by atoms with Gasteiger partial charge in [0.25, 0.3) is 0 Å². The van der Waals surface area contributed by atoms with Gasteiger partial charge in [-0.25, -0.2) is 0 Å². The van der Waals surface area contributed by atoms with Gasteiger partial charge in [-0.05, 0) is 47.0 Å². The Labute approximate surface area is 128 Å². The lowest BCUT2D eigenvalue weighted by Crippen LogP contribution is -2.23. The van der Waals surface area contributed by atoms with Crippen LogP contribution in [0.15, 0.2) is 22.7 Å². The van der Waals surface area contributed by atoms with E-state index in [1.54, 1.807) is 6.07 Å². The third-order valence-corrected chi connectivity index (χ3v) is 4.88. The maximum Gasteiger partial charge on any atom is 0.227 e. The van der Waals surface area contributed by atoms with Crippen molar-refractivity contribution in [1.29, 1.82) is 0 Å². The second-order valence-corrected chi connectivity index (χ2v) is 6.42. The molecule has 0 radical (unpaired) electrons. The van der Waals surface area contributed by atoms with E-state index in [0.29, 0.717) is 5.02 Å². The summed E-state index contributed by atoms with van der Waals surface area (Å²) in [6.45, 7) is 0. The van der Waals surface area contributed by atoms with E-state index < -0.39 is 0 Å². The van der Waals surface area contributed by atoms with Crippen molar-refractivity contribution >= 4 is 39.1 Å². The van der Waals surface area contributed by atoms with Crippen LogP contribution in [0.4, 0.5) is 5.69 Å². The minimum atomic E-state index is 0.149. The Bertz CT molecular complexity index is 442.